The van der Waals surface area contributed by atoms with Crippen molar-refractivity contribution in [2.75, 3.05) is 5.32 Å². The van der Waals surface area contributed by atoms with Crippen LogP contribution in [-0.2, 0) is 6.54 Å². The summed E-state index contributed by atoms with van der Waals surface area (Å²) in [5, 5.41) is 5.56. The highest BCUT2D eigenvalue weighted by atomic mass is 79.9. The first kappa shape index (κ1) is 14.0. The van der Waals surface area contributed by atoms with Gasteiger partial charge in [0.2, 0.25) is 0 Å². The van der Waals surface area contributed by atoms with Crippen LogP contribution in [0.25, 0.3) is 0 Å². The number of thiol groups is 1. The molecule has 0 aliphatic carbocycles. The summed E-state index contributed by atoms with van der Waals surface area (Å²) in [6.07, 6.45) is 0. The van der Waals surface area contributed by atoms with Crippen molar-refractivity contribution in [2.45, 2.75) is 11.4 Å². The van der Waals surface area contributed by atoms with Crippen LogP contribution in [0.5, 0.6) is 0 Å². The van der Waals surface area contributed by atoms with Gasteiger partial charge in [0.1, 0.15) is 0 Å². The molecule has 0 saturated carbocycles. The summed E-state index contributed by atoms with van der Waals surface area (Å²) < 4.78 is 0.977. The van der Waals surface area contributed by atoms with Crippen LogP contribution in [0.3, 0.4) is 0 Å². The highest BCUT2D eigenvalue weighted by Gasteiger charge is 2.05. The Morgan fingerprint density at radius 2 is 1.79 bits per heavy atom. The van der Waals surface area contributed by atoms with Crippen molar-refractivity contribution in [2.24, 2.45) is 0 Å². The molecular weight excluding hydrogens is 324 g/mol. The van der Waals surface area contributed by atoms with Gasteiger partial charge in [-0.05, 0) is 23.8 Å². The molecule has 0 aromatic heterocycles. The number of hydrogen-bond donors (Lipinski definition) is 3. The number of benzene rings is 2. The van der Waals surface area contributed by atoms with Crippen molar-refractivity contribution in [1.82, 2.24) is 5.32 Å². The van der Waals surface area contributed by atoms with Gasteiger partial charge < -0.3 is 10.6 Å². The molecule has 0 radical (unpaired) electrons. The van der Waals surface area contributed by atoms with Gasteiger partial charge in [-0.25, -0.2) is 4.79 Å². The van der Waals surface area contributed by atoms with E-state index in [0.29, 0.717) is 12.2 Å². The number of urea groups is 1. The summed E-state index contributed by atoms with van der Waals surface area (Å²) in [5.74, 6) is 0. The highest BCUT2D eigenvalue weighted by Crippen LogP contribution is 2.18. The molecule has 0 fully saturated rings. The van der Waals surface area contributed by atoms with Crippen molar-refractivity contribution in [3.8, 4) is 0 Å². The van der Waals surface area contributed by atoms with Crippen LogP contribution in [0.4, 0.5) is 10.5 Å². The molecule has 3 nitrogen and oxygen atoms in total. The third kappa shape index (κ3) is 4.01. The Balaban J connectivity index is 1.92. The third-order valence-electron chi connectivity index (χ3n) is 2.55. The lowest BCUT2D eigenvalue weighted by Gasteiger charge is -2.10. The molecule has 0 unspecified atom stereocenters. The van der Waals surface area contributed by atoms with E-state index in [4.69, 9.17) is 0 Å². The Hall–Kier alpha value is -1.46. The summed E-state index contributed by atoms with van der Waals surface area (Å²) in [6.45, 7) is 0.460. The average molecular weight is 337 g/mol. The zero-order valence-electron chi connectivity index (χ0n) is 10.1. The van der Waals surface area contributed by atoms with Crippen molar-refractivity contribution < 1.29 is 4.79 Å². The fourth-order valence-electron chi connectivity index (χ4n) is 1.56. The van der Waals surface area contributed by atoms with Crippen LogP contribution in [0.15, 0.2) is 57.9 Å². The van der Waals surface area contributed by atoms with Gasteiger partial charge in [-0.1, -0.05) is 46.3 Å². The van der Waals surface area contributed by atoms with Crippen LogP contribution >= 0.6 is 28.6 Å². The molecular formula is C14H13BrN2OS. The second-order valence-corrected chi connectivity index (χ2v) is 5.25. The summed E-state index contributed by atoms with van der Waals surface area (Å²) in [7, 11) is 0. The van der Waals surface area contributed by atoms with Crippen LogP contribution in [0.1, 0.15) is 5.56 Å². The molecule has 2 amide bonds. The van der Waals surface area contributed by atoms with Gasteiger partial charge in [0, 0.05) is 15.9 Å². The predicted molar refractivity (Wildman–Crippen MR) is 83.7 cm³/mol. The monoisotopic (exact) mass is 336 g/mol. The van der Waals surface area contributed by atoms with Crippen LogP contribution in [0.2, 0.25) is 0 Å². The van der Waals surface area contributed by atoms with E-state index < -0.39 is 0 Å². The maximum absolute atomic E-state index is 11.8. The number of carbonyl (C=O) groups excluding carboxylic acids is 1. The van der Waals surface area contributed by atoms with Gasteiger partial charge in [-0.15, -0.1) is 12.6 Å². The van der Waals surface area contributed by atoms with Gasteiger partial charge in [0.15, 0.2) is 0 Å². The van der Waals surface area contributed by atoms with Crippen LogP contribution < -0.4 is 10.6 Å². The predicted octanol–water partition coefficient (Wildman–Crippen LogP) is 4.06. The quantitative estimate of drug-likeness (QED) is 0.727. The second kappa shape index (κ2) is 6.63. The molecule has 0 bridgehead atoms. The summed E-state index contributed by atoms with van der Waals surface area (Å²) in [6, 6.07) is 14.9. The van der Waals surface area contributed by atoms with E-state index in [1.165, 1.54) is 0 Å². The van der Waals surface area contributed by atoms with Gasteiger partial charge in [0.25, 0.3) is 0 Å². The zero-order valence-corrected chi connectivity index (χ0v) is 12.5. The summed E-state index contributed by atoms with van der Waals surface area (Å²) in [5.41, 5.74) is 1.72. The SMILES string of the molecule is O=C(NCc1ccccc1Br)Nc1ccccc1S. The molecule has 0 spiro atoms. The molecule has 2 rings (SSSR count). The summed E-state index contributed by atoms with van der Waals surface area (Å²) >= 11 is 7.72. The number of halogens is 1. The van der Waals surface area contributed by atoms with E-state index >= 15 is 0 Å². The first-order valence-corrected chi connectivity index (χ1v) is 6.97. The summed E-state index contributed by atoms with van der Waals surface area (Å²) in [4.78, 5) is 12.5. The molecule has 2 aromatic carbocycles. The van der Waals surface area contributed by atoms with Gasteiger partial charge in [-0.2, -0.15) is 0 Å². The molecule has 5 heteroatoms. The molecule has 0 atom stereocenters. The number of carbonyl (C=O) groups is 1. The maximum atomic E-state index is 11.8. The normalized spacial score (nSPS) is 10.0. The molecule has 0 aliphatic rings. The lowest BCUT2D eigenvalue weighted by Crippen LogP contribution is -2.28. The average Bonchev–Trinajstić information content (AvgIpc) is 2.40. The first-order chi connectivity index (χ1) is 9.16. The van der Waals surface area contributed by atoms with Crippen molar-refractivity contribution in [3.63, 3.8) is 0 Å². The molecule has 98 valence electrons. The smallest absolute Gasteiger partial charge is 0.319 e. The number of rotatable bonds is 3. The molecule has 2 N–H and O–H groups in total. The largest absolute Gasteiger partial charge is 0.334 e. The highest BCUT2D eigenvalue weighted by molar-refractivity contribution is 9.10. The Labute approximate surface area is 126 Å². The van der Waals surface area contributed by atoms with E-state index in [9.17, 15) is 4.79 Å². The van der Waals surface area contributed by atoms with Gasteiger partial charge >= 0.3 is 6.03 Å². The van der Waals surface area contributed by atoms with Crippen LogP contribution in [-0.4, -0.2) is 6.03 Å². The number of anilines is 1. The third-order valence-corrected chi connectivity index (χ3v) is 3.71. The lowest BCUT2D eigenvalue weighted by molar-refractivity contribution is 0.251. The minimum absolute atomic E-state index is 0.253. The van der Waals surface area contributed by atoms with Gasteiger partial charge in [-0.3, -0.25) is 0 Å². The van der Waals surface area contributed by atoms with Crippen molar-refractivity contribution >= 4 is 40.3 Å². The van der Waals surface area contributed by atoms with Gasteiger partial charge in [0.05, 0.1) is 5.69 Å². The standard InChI is InChI=1S/C14H13BrN2OS/c15-11-6-2-1-5-10(11)9-16-14(18)17-12-7-3-4-8-13(12)19/h1-8,19H,9H2,(H2,16,17,18). The Bertz CT molecular complexity index is 589. The molecule has 2 aromatic rings. The second-order valence-electron chi connectivity index (χ2n) is 3.92. The van der Waals surface area contributed by atoms with E-state index in [-0.39, 0.29) is 6.03 Å². The molecule has 0 aliphatic heterocycles. The maximum Gasteiger partial charge on any atom is 0.319 e. The van der Waals surface area contributed by atoms with Crippen molar-refractivity contribution in [3.05, 3.63) is 58.6 Å². The topological polar surface area (TPSA) is 41.1 Å². The van der Waals surface area contributed by atoms with Crippen molar-refractivity contribution in [1.29, 1.82) is 0 Å². The Morgan fingerprint density at radius 1 is 1.11 bits per heavy atom. The number of nitrogens with one attached hydrogen (secondary N) is 2. The Kier molecular flexibility index (Phi) is 4.87. The number of para-hydroxylation sites is 1. The lowest BCUT2D eigenvalue weighted by atomic mass is 10.2. The first-order valence-electron chi connectivity index (χ1n) is 5.73. The molecule has 0 heterocycles. The minimum Gasteiger partial charge on any atom is -0.334 e. The zero-order chi connectivity index (χ0) is 13.7. The minimum atomic E-state index is -0.253. The Morgan fingerprint density at radius 3 is 2.53 bits per heavy atom. The fourth-order valence-corrected chi connectivity index (χ4v) is 2.20. The molecule has 19 heavy (non-hydrogen) atoms. The molecule has 0 saturated heterocycles. The number of amides is 2. The van der Waals surface area contributed by atoms with Crippen LogP contribution in [0, 0.1) is 0 Å². The van der Waals surface area contributed by atoms with E-state index in [0.717, 1.165) is 14.9 Å². The fraction of sp³-hybridized carbons (Fsp3) is 0.0714. The van der Waals surface area contributed by atoms with E-state index in [2.05, 4.69) is 39.2 Å². The van der Waals surface area contributed by atoms with E-state index in [1.54, 1.807) is 6.07 Å². The number of hydrogen-bond acceptors (Lipinski definition) is 2. The van der Waals surface area contributed by atoms with E-state index in [1.807, 2.05) is 42.5 Å².